The average molecular weight is 272 g/mol. The first-order valence-corrected chi connectivity index (χ1v) is 5.83. The number of rotatable bonds is 3. The molecule has 102 valence electrons. The van der Waals surface area contributed by atoms with Crippen LogP contribution in [0.1, 0.15) is 26.3 Å². The number of carbonyl (C=O) groups is 2. The SMILES string of the molecule is Cc1cc(O)cc(OC(=O)c2ccccc2)c1C(=O)O. The van der Waals surface area contributed by atoms with Crippen molar-refractivity contribution in [1.82, 2.24) is 0 Å². The van der Waals surface area contributed by atoms with Gasteiger partial charge in [0.1, 0.15) is 17.1 Å². The highest BCUT2D eigenvalue weighted by Crippen LogP contribution is 2.28. The normalized spacial score (nSPS) is 10.1. The standard InChI is InChI=1S/C15H12O5/c1-9-7-11(16)8-12(13(9)14(17)18)20-15(19)10-5-3-2-4-6-10/h2-8,16H,1H3,(H,17,18). The van der Waals surface area contributed by atoms with Crippen molar-refractivity contribution in [3.8, 4) is 11.5 Å². The van der Waals surface area contributed by atoms with Gasteiger partial charge in [-0.1, -0.05) is 18.2 Å². The molecule has 5 heteroatoms. The summed E-state index contributed by atoms with van der Waals surface area (Å²) in [6, 6.07) is 10.6. The number of esters is 1. The summed E-state index contributed by atoms with van der Waals surface area (Å²) in [5.41, 5.74) is 0.463. The maximum atomic E-state index is 11.9. The molecule has 0 aromatic heterocycles. The predicted octanol–water partition coefficient (Wildman–Crippen LogP) is 2.62. The molecule has 0 saturated heterocycles. The quantitative estimate of drug-likeness (QED) is 0.662. The second-order valence-electron chi connectivity index (χ2n) is 4.20. The molecule has 0 spiro atoms. The third-order valence-electron chi connectivity index (χ3n) is 2.71. The van der Waals surface area contributed by atoms with Gasteiger partial charge in [-0.25, -0.2) is 9.59 Å². The maximum Gasteiger partial charge on any atom is 0.343 e. The molecule has 2 rings (SSSR count). The number of aromatic carboxylic acids is 1. The highest BCUT2D eigenvalue weighted by Gasteiger charge is 2.19. The van der Waals surface area contributed by atoms with Gasteiger partial charge >= 0.3 is 11.9 Å². The molecule has 0 radical (unpaired) electrons. The summed E-state index contributed by atoms with van der Waals surface area (Å²) < 4.78 is 5.07. The lowest BCUT2D eigenvalue weighted by Crippen LogP contribution is -2.12. The zero-order valence-corrected chi connectivity index (χ0v) is 10.7. The first kappa shape index (κ1) is 13.6. The number of phenols is 1. The van der Waals surface area contributed by atoms with Crippen LogP contribution < -0.4 is 4.74 Å². The number of hydrogen-bond acceptors (Lipinski definition) is 4. The van der Waals surface area contributed by atoms with Crippen LogP contribution >= 0.6 is 0 Å². The topological polar surface area (TPSA) is 83.8 Å². The molecule has 0 aliphatic rings. The van der Waals surface area contributed by atoms with Crippen LogP contribution in [0.5, 0.6) is 11.5 Å². The van der Waals surface area contributed by atoms with E-state index in [2.05, 4.69) is 0 Å². The summed E-state index contributed by atoms with van der Waals surface area (Å²) in [7, 11) is 0. The molecule has 2 aromatic rings. The van der Waals surface area contributed by atoms with Crippen LogP contribution in [-0.2, 0) is 0 Å². The zero-order valence-electron chi connectivity index (χ0n) is 10.7. The molecule has 0 fully saturated rings. The Labute approximate surface area is 115 Å². The Bertz CT molecular complexity index is 661. The highest BCUT2D eigenvalue weighted by atomic mass is 16.5. The van der Waals surface area contributed by atoms with Crippen molar-refractivity contribution in [3.05, 3.63) is 59.2 Å². The van der Waals surface area contributed by atoms with E-state index in [-0.39, 0.29) is 17.1 Å². The fourth-order valence-corrected chi connectivity index (χ4v) is 1.82. The van der Waals surface area contributed by atoms with E-state index in [9.17, 15) is 14.7 Å². The fraction of sp³-hybridized carbons (Fsp3) is 0.0667. The van der Waals surface area contributed by atoms with Gasteiger partial charge in [0, 0.05) is 6.07 Å². The fourth-order valence-electron chi connectivity index (χ4n) is 1.82. The third-order valence-corrected chi connectivity index (χ3v) is 2.71. The number of carboxylic acids is 1. The molecule has 2 N–H and O–H groups in total. The van der Waals surface area contributed by atoms with E-state index in [1.807, 2.05) is 0 Å². The lowest BCUT2D eigenvalue weighted by atomic mass is 10.1. The highest BCUT2D eigenvalue weighted by molar-refractivity contribution is 5.96. The molecule has 0 saturated carbocycles. The molecular formula is C15H12O5. The largest absolute Gasteiger partial charge is 0.508 e. The van der Waals surface area contributed by atoms with E-state index in [0.29, 0.717) is 11.1 Å². The molecule has 20 heavy (non-hydrogen) atoms. The second-order valence-corrected chi connectivity index (χ2v) is 4.20. The van der Waals surface area contributed by atoms with E-state index in [1.165, 1.54) is 13.0 Å². The van der Waals surface area contributed by atoms with Crippen LogP contribution in [0.4, 0.5) is 0 Å². The lowest BCUT2D eigenvalue weighted by molar-refractivity contribution is 0.0680. The summed E-state index contributed by atoms with van der Waals surface area (Å²) in [4.78, 5) is 23.1. The van der Waals surface area contributed by atoms with Crippen molar-refractivity contribution in [2.75, 3.05) is 0 Å². The third kappa shape index (κ3) is 2.77. The van der Waals surface area contributed by atoms with Crippen molar-refractivity contribution >= 4 is 11.9 Å². The van der Waals surface area contributed by atoms with Gasteiger partial charge in [-0.15, -0.1) is 0 Å². The maximum absolute atomic E-state index is 11.9. The molecule has 0 heterocycles. The van der Waals surface area contributed by atoms with Gasteiger partial charge in [0.2, 0.25) is 0 Å². The summed E-state index contributed by atoms with van der Waals surface area (Å²) in [6.45, 7) is 1.52. The first-order valence-electron chi connectivity index (χ1n) is 5.83. The number of hydrogen-bond donors (Lipinski definition) is 2. The Balaban J connectivity index is 2.39. The van der Waals surface area contributed by atoms with E-state index in [4.69, 9.17) is 9.84 Å². The minimum absolute atomic E-state index is 0.146. The Kier molecular flexibility index (Phi) is 3.70. The molecule has 5 nitrogen and oxygen atoms in total. The van der Waals surface area contributed by atoms with Crippen LogP contribution in [0.25, 0.3) is 0 Å². The van der Waals surface area contributed by atoms with Gasteiger partial charge in [-0.3, -0.25) is 0 Å². The van der Waals surface area contributed by atoms with Gasteiger partial charge in [0.15, 0.2) is 0 Å². The van der Waals surface area contributed by atoms with Gasteiger partial charge < -0.3 is 14.9 Å². The van der Waals surface area contributed by atoms with E-state index >= 15 is 0 Å². The summed E-state index contributed by atoms with van der Waals surface area (Å²) in [5, 5.41) is 18.6. The first-order chi connectivity index (χ1) is 9.49. The van der Waals surface area contributed by atoms with Crippen LogP contribution in [0.2, 0.25) is 0 Å². The van der Waals surface area contributed by atoms with Crippen molar-refractivity contribution in [1.29, 1.82) is 0 Å². The Morgan fingerprint density at radius 1 is 1.10 bits per heavy atom. The number of ether oxygens (including phenoxy) is 1. The number of carboxylic acid groups (broad SMARTS) is 1. The van der Waals surface area contributed by atoms with E-state index < -0.39 is 11.9 Å². The molecule has 0 atom stereocenters. The van der Waals surface area contributed by atoms with Crippen molar-refractivity contribution < 1.29 is 24.5 Å². The van der Waals surface area contributed by atoms with Gasteiger partial charge in [0.05, 0.1) is 5.56 Å². The molecule has 0 aliphatic carbocycles. The number of benzene rings is 2. The lowest BCUT2D eigenvalue weighted by Gasteiger charge is -2.10. The van der Waals surface area contributed by atoms with Crippen molar-refractivity contribution in [3.63, 3.8) is 0 Å². The summed E-state index contributed by atoms with van der Waals surface area (Å²) >= 11 is 0. The van der Waals surface area contributed by atoms with Crippen molar-refractivity contribution in [2.45, 2.75) is 6.92 Å². The minimum atomic E-state index is -1.22. The van der Waals surface area contributed by atoms with Crippen molar-refractivity contribution in [2.24, 2.45) is 0 Å². The summed E-state index contributed by atoms with van der Waals surface area (Å²) in [5.74, 6) is -2.25. The van der Waals surface area contributed by atoms with E-state index in [1.54, 1.807) is 30.3 Å². The van der Waals surface area contributed by atoms with Crippen LogP contribution in [-0.4, -0.2) is 22.2 Å². The molecule has 0 unspecified atom stereocenters. The van der Waals surface area contributed by atoms with Gasteiger partial charge in [-0.2, -0.15) is 0 Å². The molecule has 0 bridgehead atoms. The Morgan fingerprint density at radius 3 is 2.35 bits per heavy atom. The van der Waals surface area contributed by atoms with Crippen LogP contribution in [0, 0.1) is 6.92 Å². The molecule has 0 aliphatic heterocycles. The smallest absolute Gasteiger partial charge is 0.343 e. The Morgan fingerprint density at radius 2 is 1.75 bits per heavy atom. The van der Waals surface area contributed by atoms with Crippen LogP contribution in [0.15, 0.2) is 42.5 Å². The number of carbonyl (C=O) groups excluding carboxylic acids is 1. The Hall–Kier alpha value is -2.82. The monoisotopic (exact) mass is 272 g/mol. The molecule has 2 aromatic carbocycles. The summed E-state index contributed by atoms with van der Waals surface area (Å²) in [6.07, 6.45) is 0. The van der Waals surface area contributed by atoms with Gasteiger partial charge in [0.25, 0.3) is 0 Å². The second kappa shape index (κ2) is 5.44. The van der Waals surface area contributed by atoms with Crippen LogP contribution in [0.3, 0.4) is 0 Å². The van der Waals surface area contributed by atoms with Gasteiger partial charge in [-0.05, 0) is 30.7 Å². The van der Waals surface area contributed by atoms with E-state index in [0.717, 1.165) is 6.07 Å². The number of aromatic hydroxyl groups is 1. The zero-order chi connectivity index (χ0) is 14.7. The number of phenolic OH excluding ortho intramolecular Hbond substituents is 1. The molecule has 0 amide bonds. The predicted molar refractivity (Wildman–Crippen MR) is 71.2 cm³/mol. The average Bonchev–Trinajstić information content (AvgIpc) is 2.38. The number of aryl methyl sites for hydroxylation is 1. The minimum Gasteiger partial charge on any atom is -0.508 e. The molecular weight excluding hydrogens is 260 g/mol.